The van der Waals surface area contributed by atoms with Crippen LogP contribution in [0.1, 0.15) is 26.0 Å². The van der Waals surface area contributed by atoms with Crippen molar-refractivity contribution in [3.63, 3.8) is 0 Å². The molecule has 0 aliphatic carbocycles. The van der Waals surface area contributed by atoms with Gasteiger partial charge in [-0.25, -0.2) is 0 Å². The van der Waals surface area contributed by atoms with Crippen LogP contribution in [0.3, 0.4) is 0 Å². The van der Waals surface area contributed by atoms with Gasteiger partial charge in [0.25, 0.3) is 0 Å². The van der Waals surface area contributed by atoms with Crippen LogP contribution >= 0.6 is 0 Å². The quantitative estimate of drug-likeness (QED) is 0.519. The van der Waals surface area contributed by atoms with Gasteiger partial charge in [-0.1, -0.05) is 12.1 Å². The van der Waals surface area contributed by atoms with Gasteiger partial charge in [0, 0.05) is 6.54 Å². The minimum atomic E-state index is 0.525. The molecule has 5 nitrogen and oxygen atoms in total. The molecule has 0 spiro atoms. The van der Waals surface area contributed by atoms with Gasteiger partial charge in [0.15, 0.2) is 0 Å². The highest BCUT2D eigenvalue weighted by molar-refractivity contribution is 4.89. The average molecular weight is 198 g/mol. The molecule has 1 heterocycles. The second kappa shape index (κ2) is 6.50. The summed E-state index contributed by atoms with van der Waals surface area (Å²) in [7, 11) is 0. The van der Waals surface area contributed by atoms with Crippen molar-refractivity contribution < 1.29 is 4.74 Å². The van der Waals surface area contributed by atoms with E-state index in [1.54, 1.807) is 4.68 Å². The minimum absolute atomic E-state index is 0.525. The number of rotatable bonds is 7. The fourth-order valence-corrected chi connectivity index (χ4v) is 1.04. The van der Waals surface area contributed by atoms with Crippen LogP contribution in [0.15, 0.2) is 6.20 Å². The maximum atomic E-state index is 5.35. The molecular formula is C9H18N4O. The van der Waals surface area contributed by atoms with Crippen molar-refractivity contribution in [1.82, 2.24) is 20.3 Å². The van der Waals surface area contributed by atoms with E-state index < -0.39 is 0 Å². The molecule has 0 aromatic carbocycles. The Bertz CT molecular complexity index is 249. The first-order chi connectivity index (χ1) is 6.86. The molecule has 80 valence electrons. The lowest BCUT2D eigenvalue weighted by Crippen LogP contribution is -2.18. The van der Waals surface area contributed by atoms with E-state index in [9.17, 15) is 0 Å². The van der Waals surface area contributed by atoms with Gasteiger partial charge < -0.3 is 4.74 Å². The number of ether oxygens (including phenoxy) is 1. The summed E-state index contributed by atoms with van der Waals surface area (Å²) < 4.78 is 7.14. The summed E-state index contributed by atoms with van der Waals surface area (Å²) in [6, 6.07) is 0. The lowest BCUT2D eigenvalue weighted by molar-refractivity contribution is 0.101. The number of aromatic nitrogens is 3. The zero-order chi connectivity index (χ0) is 10.2. The number of hydrogen-bond donors (Lipinski definition) is 1. The molecule has 1 aromatic heterocycles. The van der Waals surface area contributed by atoms with E-state index in [1.807, 2.05) is 13.1 Å². The molecule has 0 atom stereocenters. The number of nitrogens with one attached hydrogen (secondary N) is 1. The monoisotopic (exact) mass is 198 g/mol. The van der Waals surface area contributed by atoms with Crippen molar-refractivity contribution in [1.29, 1.82) is 0 Å². The van der Waals surface area contributed by atoms with Crippen LogP contribution < -0.4 is 5.32 Å². The predicted molar refractivity (Wildman–Crippen MR) is 53.6 cm³/mol. The van der Waals surface area contributed by atoms with Gasteiger partial charge in [0.2, 0.25) is 0 Å². The Labute approximate surface area is 84.4 Å². The summed E-state index contributed by atoms with van der Waals surface area (Å²) in [5.74, 6) is 0. The van der Waals surface area contributed by atoms with E-state index in [0.29, 0.717) is 13.3 Å². The highest BCUT2D eigenvalue weighted by Crippen LogP contribution is 1.94. The fraction of sp³-hybridized carbons (Fsp3) is 0.778. The summed E-state index contributed by atoms with van der Waals surface area (Å²) in [6.07, 6.45) is 3.02. The van der Waals surface area contributed by atoms with Gasteiger partial charge >= 0.3 is 0 Å². The van der Waals surface area contributed by atoms with Gasteiger partial charge in [-0.05, 0) is 19.9 Å². The average Bonchev–Trinajstić information content (AvgIpc) is 2.65. The lowest BCUT2D eigenvalue weighted by atomic mass is 10.5. The van der Waals surface area contributed by atoms with Crippen LogP contribution in [0.25, 0.3) is 0 Å². The molecule has 0 saturated carbocycles. The van der Waals surface area contributed by atoms with Crippen LogP contribution in [-0.2, 0) is 17.9 Å². The first-order valence-corrected chi connectivity index (χ1v) is 5.04. The second-order valence-corrected chi connectivity index (χ2v) is 3.06. The summed E-state index contributed by atoms with van der Waals surface area (Å²) in [6.45, 7) is 7.09. The van der Waals surface area contributed by atoms with E-state index in [0.717, 1.165) is 25.2 Å². The Morgan fingerprint density at radius 3 is 3.00 bits per heavy atom. The highest BCUT2D eigenvalue weighted by atomic mass is 16.5. The Balaban J connectivity index is 2.12. The van der Waals surface area contributed by atoms with Crippen molar-refractivity contribution in [3.8, 4) is 0 Å². The normalized spacial score (nSPS) is 10.7. The maximum absolute atomic E-state index is 5.35. The molecule has 0 unspecified atom stereocenters. The molecule has 0 aliphatic heterocycles. The number of hydrogen-bond acceptors (Lipinski definition) is 4. The summed E-state index contributed by atoms with van der Waals surface area (Å²) in [4.78, 5) is 0. The summed E-state index contributed by atoms with van der Waals surface area (Å²) >= 11 is 0. The molecule has 1 rings (SSSR count). The van der Waals surface area contributed by atoms with Gasteiger partial charge in [-0.15, -0.1) is 5.10 Å². The summed E-state index contributed by atoms with van der Waals surface area (Å²) in [5.41, 5.74) is 0.880. The number of aryl methyl sites for hydroxylation is 1. The van der Waals surface area contributed by atoms with Gasteiger partial charge in [0.1, 0.15) is 5.69 Å². The van der Waals surface area contributed by atoms with E-state index in [2.05, 4.69) is 22.6 Å². The predicted octanol–water partition coefficient (Wildman–Crippen LogP) is 0.772. The fourth-order valence-electron chi connectivity index (χ4n) is 1.04. The molecule has 1 N–H and O–H groups in total. The van der Waals surface area contributed by atoms with E-state index in [-0.39, 0.29) is 0 Å². The molecule has 0 bridgehead atoms. The molecule has 0 aliphatic rings. The Hall–Kier alpha value is -0.940. The molecule has 0 amide bonds. The van der Waals surface area contributed by atoms with Crippen molar-refractivity contribution >= 4 is 0 Å². The van der Waals surface area contributed by atoms with Crippen LogP contribution in [0.4, 0.5) is 0 Å². The largest absolute Gasteiger partial charge is 0.360 e. The van der Waals surface area contributed by atoms with Crippen LogP contribution in [0.5, 0.6) is 0 Å². The smallest absolute Gasteiger partial charge is 0.108 e. The Kier molecular flexibility index (Phi) is 5.17. The molecule has 14 heavy (non-hydrogen) atoms. The van der Waals surface area contributed by atoms with Crippen molar-refractivity contribution in [2.24, 2.45) is 0 Å². The third-order valence-electron chi connectivity index (χ3n) is 1.79. The molecule has 0 fully saturated rings. The minimum Gasteiger partial charge on any atom is -0.360 e. The second-order valence-electron chi connectivity index (χ2n) is 3.06. The third kappa shape index (κ3) is 3.85. The molecule has 0 radical (unpaired) electrons. The molecule has 5 heteroatoms. The highest BCUT2D eigenvalue weighted by Gasteiger charge is 1.98. The zero-order valence-electron chi connectivity index (χ0n) is 8.86. The SMILES string of the molecule is CCCNCOCc1cn(CC)nn1. The number of nitrogens with zero attached hydrogens (tertiary/aromatic N) is 3. The van der Waals surface area contributed by atoms with Crippen LogP contribution in [0.2, 0.25) is 0 Å². The van der Waals surface area contributed by atoms with Crippen molar-refractivity contribution in [3.05, 3.63) is 11.9 Å². The van der Waals surface area contributed by atoms with Crippen LogP contribution in [-0.4, -0.2) is 28.3 Å². The third-order valence-corrected chi connectivity index (χ3v) is 1.79. The van der Waals surface area contributed by atoms with Gasteiger partial charge in [-0.2, -0.15) is 0 Å². The van der Waals surface area contributed by atoms with Gasteiger partial charge in [-0.3, -0.25) is 10.00 Å². The lowest BCUT2D eigenvalue weighted by Gasteiger charge is -2.02. The molecule has 1 aromatic rings. The maximum Gasteiger partial charge on any atom is 0.108 e. The first-order valence-electron chi connectivity index (χ1n) is 5.04. The Morgan fingerprint density at radius 1 is 1.50 bits per heavy atom. The van der Waals surface area contributed by atoms with E-state index in [1.165, 1.54) is 0 Å². The first kappa shape index (κ1) is 11.1. The van der Waals surface area contributed by atoms with E-state index in [4.69, 9.17) is 4.74 Å². The van der Waals surface area contributed by atoms with Crippen molar-refractivity contribution in [2.45, 2.75) is 33.4 Å². The Morgan fingerprint density at radius 2 is 2.36 bits per heavy atom. The van der Waals surface area contributed by atoms with Gasteiger partial charge in [0.05, 0.1) is 19.5 Å². The molecular weight excluding hydrogens is 180 g/mol. The summed E-state index contributed by atoms with van der Waals surface area (Å²) in [5, 5.41) is 11.0. The van der Waals surface area contributed by atoms with E-state index >= 15 is 0 Å². The van der Waals surface area contributed by atoms with Crippen molar-refractivity contribution in [2.75, 3.05) is 13.3 Å². The topological polar surface area (TPSA) is 52.0 Å². The molecule has 0 saturated heterocycles. The zero-order valence-corrected chi connectivity index (χ0v) is 8.86. The van der Waals surface area contributed by atoms with Crippen LogP contribution in [0, 0.1) is 0 Å². The standard InChI is InChI=1S/C9H18N4O/c1-3-5-10-8-14-7-9-6-13(4-2)12-11-9/h6,10H,3-5,7-8H2,1-2H3.